The molecule has 0 atom stereocenters. The van der Waals surface area contributed by atoms with Gasteiger partial charge in [-0.15, -0.1) is 0 Å². The Hall–Kier alpha value is -2.55. The van der Waals surface area contributed by atoms with E-state index < -0.39 is 0 Å². The van der Waals surface area contributed by atoms with Crippen molar-refractivity contribution < 1.29 is 4.79 Å². The minimum atomic E-state index is -0.219. The fourth-order valence-electron chi connectivity index (χ4n) is 2.63. The minimum Gasteiger partial charge on any atom is -0.342 e. The van der Waals surface area contributed by atoms with Crippen molar-refractivity contribution in [1.29, 1.82) is 0 Å². The number of halogens is 2. The minimum absolute atomic E-state index is 0.186. The van der Waals surface area contributed by atoms with E-state index in [0.717, 1.165) is 16.7 Å². The van der Waals surface area contributed by atoms with Crippen LogP contribution < -0.4 is 5.32 Å². The molecule has 4 heteroatoms. The van der Waals surface area contributed by atoms with E-state index >= 15 is 0 Å². The zero-order chi connectivity index (χ0) is 18.4. The molecule has 0 fully saturated rings. The van der Waals surface area contributed by atoms with Crippen LogP contribution in [-0.4, -0.2) is 5.91 Å². The van der Waals surface area contributed by atoms with Crippen LogP contribution in [0.3, 0.4) is 0 Å². The molecule has 26 heavy (non-hydrogen) atoms. The number of amides is 1. The second-order valence-corrected chi connectivity index (χ2v) is 6.58. The first-order chi connectivity index (χ1) is 12.6. The topological polar surface area (TPSA) is 29.1 Å². The fourth-order valence-corrected chi connectivity index (χ4v) is 2.93. The van der Waals surface area contributed by atoms with Crippen LogP contribution in [0.4, 0.5) is 0 Å². The van der Waals surface area contributed by atoms with Gasteiger partial charge in [-0.3, -0.25) is 4.79 Å². The molecule has 2 nitrogen and oxygen atoms in total. The summed E-state index contributed by atoms with van der Waals surface area (Å²) >= 11 is 11.9. The molecular weight excluding hydrogens is 365 g/mol. The maximum Gasteiger partial charge on any atom is 0.244 e. The molecule has 0 aliphatic rings. The summed E-state index contributed by atoms with van der Waals surface area (Å²) in [6.45, 7) is 0. The predicted molar refractivity (Wildman–Crippen MR) is 108 cm³/mol. The lowest BCUT2D eigenvalue weighted by atomic mass is 9.98. The van der Waals surface area contributed by atoms with Crippen LogP contribution in [-0.2, 0) is 4.79 Å². The van der Waals surface area contributed by atoms with Crippen LogP contribution in [0.25, 0.3) is 6.08 Å². The largest absolute Gasteiger partial charge is 0.342 e. The lowest BCUT2D eigenvalue weighted by Gasteiger charge is -2.19. The van der Waals surface area contributed by atoms with Crippen LogP contribution in [0.5, 0.6) is 0 Å². The summed E-state index contributed by atoms with van der Waals surface area (Å²) in [5, 5.41) is 4.01. The Morgan fingerprint density at radius 2 is 1.38 bits per heavy atom. The summed E-state index contributed by atoms with van der Waals surface area (Å²) in [5.41, 5.74) is 2.86. The molecule has 0 aliphatic heterocycles. The van der Waals surface area contributed by atoms with Gasteiger partial charge in [0, 0.05) is 6.08 Å². The molecular formula is C22H17Cl2NO. The summed E-state index contributed by atoms with van der Waals surface area (Å²) in [6, 6.07) is 24.8. The Kier molecular flexibility index (Phi) is 6.11. The van der Waals surface area contributed by atoms with Gasteiger partial charge in [0.1, 0.15) is 0 Å². The van der Waals surface area contributed by atoms with Gasteiger partial charge in [-0.25, -0.2) is 0 Å². The lowest BCUT2D eigenvalue weighted by Crippen LogP contribution is -2.27. The predicted octanol–water partition coefficient (Wildman–Crippen LogP) is 5.91. The molecule has 3 rings (SSSR count). The summed E-state index contributed by atoms with van der Waals surface area (Å²) < 4.78 is 0. The maximum atomic E-state index is 12.5. The number of nitrogens with one attached hydrogen (secondary N) is 1. The average Bonchev–Trinajstić information content (AvgIpc) is 2.68. The van der Waals surface area contributed by atoms with Crippen molar-refractivity contribution in [2.75, 3.05) is 0 Å². The first-order valence-corrected chi connectivity index (χ1v) is 8.92. The van der Waals surface area contributed by atoms with Crippen molar-refractivity contribution in [2.45, 2.75) is 6.04 Å². The third-order valence-corrected chi connectivity index (χ3v) is 4.66. The fraction of sp³-hybridized carbons (Fsp3) is 0.0455. The monoisotopic (exact) mass is 381 g/mol. The first-order valence-electron chi connectivity index (χ1n) is 8.17. The van der Waals surface area contributed by atoms with Gasteiger partial charge in [0.2, 0.25) is 5.91 Å². The van der Waals surface area contributed by atoms with Gasteiger partial charge in [0.15, 0.2) is 0 Å². The second kappa shape index (κ2) is 8.70. The van der Waals surface area contributed by atoms with Crippen LogP contribution in [0.1, 0.15) is 22.7 Å². The van der Waals surface area contributed by atoms with E-state index in [1.165, 1.54) is 6.08 Å². The van der Waals surface area contributed by atoms with Gasteiger partial charge in [0.05, 0.1) is 16.1 Å². The maximum absolute atomic E-state index is 12.5. The van der Waals surface area contributed by atoms with Crippen LogP contribution in [0, 0.1) is 0 Å². The number of benzene rings is 3. The molecule has 130 valence electrons. The molecule has 1 amide bonds. The Balaban J connectivity index is 1.79. The highest BCUT2D eigenvalue weighted by Crippen LogP contribution is 2.24. The zero-order valence-corrected chi connectivity index (χ0v) is 15.4. The van der Waals surface area contributed by atoms with E-state index in [4.69, 9.17) is 23.2 Å². The van der Waals surface area contributed by atoms with Gasteiger partial charge in [-0.2, -0.15) is 0 Å². The van der Waals surface area contributed by atoms with E-state index in [0.29, 0.717) is 10.0 Å². The summed E-state index contributed by atoms with van der Waals surface area (Å²) in [7, 11) is 0. The third-order valence-electron chi connectivity index (χ3n) is 3.92. The molecule has 1 N–H and O–H groups in total. The standard InChI is InChI=1S/C22H17Cl2NO/c23-19-13-11-16(15-20(19)24)12-14-21(26)25-22(17-7-3-1-4-8-17)18-9-5-2-6-10-18/h1-15,22H,(H,25,26)/b14-12+. The van der Waals surface area contributed by atoms with Crippen LogP contribution >= 0.6 is 23.2 Å². The second-order valence-electron chi connectivity index (χ2n) is 5.77. The third kappa shape index (κ3) is 4.75. The van der Waals surface area contributed by atoms with Gasteiger partial charge in [-0.05, 0) is 34.9 Å². The Bertz CT molecular complexity index is 868. The van der Waals surface area contributed by atoms with Gasteiger partial charge in [-0.1, -0.05) is 89.9 Å². The molecule has 0 spiro atoms. The van der Waals surface area contributed by atoms with Crippen molar-refractivity contribution in [2.24, 2.45) is 0 Å². The molecule has 0 bridgehead atoms. The average molecular weight is 382 g/mol. The van der Waals surface area contributed by atoms with Crippen molar-refractivity contribution in [3.8, 4) is 0 Å². The van der Waals surface area contributed by atoms with Gasteiger partial charge >= 0.3 is 0 Å². The Morgan fingerprint density at radius 1 is 0.808 bits per heavy atom. The summed E-state index contributed by atoms with van der Waals surface area (Å²) in [6.07, 6.45) is 3.21. The van der Waals surface area contributed by atoms with E-state index in [1.54, 1.807) is 18.2 Å². The van der Waals surface area contributed by atoms with Gasteiger partial charge in [0.25, 0.3) is 0 Å². The molecule has 3 aromatic carbocycles. The molecule has 0 unspecified atom stereocenters. The Morgan fingerprint density at radius 3 is 1.92 bits per heavy atom. The number of hydrogen-bond acceptors (Lipinski definition) is 1. The van der Waals surface area contributed by atoms with E-state index in [1.807, 2.05) is 66.7 Å². The van der Waals surface area contributed by atoms with E-state index in [-0.39, 0.29) is 11.9 Å². The highest BCUT2D eigenvalue weighted by molar-refractivity contribution is 6.42. The molecule has 3 aromatic rings. The lowest BCUT2D eigenvalue weighted by molar-refractivity contribution is -0.116. The highest BCUT2D eigenvalue weighted by Gasteiger charge is 2.15. The molecule has 0 radical (unpaired) electrons. The first kappa shape index (κ1) is 18.2. The quantitative estimate of drug-likeness (QED) is 0.546. The number of carbonyl (C=O) groups excluding carboxylic acids is 1. The van der Waals surface area contributed by atoms with E-state index in [9.17, 15) is 4.79 Å². The number of rotatable bonds is 5. The highest BCUT2D eigenvalue weighted by atomic mass is 35.5. The molecule has 0 aromatic heterocycles. The molecule has 0 saturated carbocycles. The molecule has 0 heterocycles. The normalized spacial score (nSPS) is 11.0. The Labute approximate surface area is 163 Å². The number of hydrogen-bond donors (Lipinski definition) is 1. The van der Waals surface area contributed by atoms with Crippen molar-refractivity contribution >= 4 is 35.2 Å². The van der Waals surface area contributed by atoms with Crippen LogP contribution in [0.15, 0.2) is 84.9 Å². The molecule has 0 saturated heterocycles. The molecule has 0 aliphatic carbocycles. The summed E-state index contributed by atoms with van der Waals surface area (Å²) in [4.78, 5) is 12.5. The smallest absolute Gasteiger partial charge is 0.244 e. The van der Waals surface area contributed by atoms with Crippen LogP contribution in [0.2, 0.25) is 10.0 Å². The number of carbonyl (C=O) groups is 1. The van der Waals surface area contributed by atoms with Crippen molar-refractivity contribution in [3.63, 3.8) is 0 Å². The summed E-state index contributed by atoms with van der Waals surface area (Å²) in [5.74, 6) is -0.186. The zero-order valence-electron chi connectivity index (χ0n) is 13.9. The SMILES string of the molecule is O=C(/C=C/c1ccc(Cl)c(Cl)c1)NC(c1ccccc1)c1ccccc1. The van der Waals surface area contributed by atoms with Gasteiger partial charge < -0.3 is 5.32 Å². The van der Waals surface area contributed by atoms with Crippen molar-refractivity contribution in [1.82, 2.24) is 5.32 Å². The van der Waals surface area contributed by atoms with Crippen molar-refractivity contribution in [3.05, 3.63) is 112 Å². The van der Waals surface area contributed by atoms with E-state index in [2.05, 4.69) is 5.32 Å².